The fourth-order valence-corrected chi connectivity index (χ4v) is 0.968. The third kappa shape index (κ3) is 6.93. The van der Waals surface area contributed by atoms with Gasteiger partial charge in [0, 0.05) is 6.20 Å². The van der Waals surface area contributed by atoms with Crippen LogP contribution in [0.25, 0.3) is 0 Å². The zero-order valence-corrected chi connectivity index (χ0v) is 12.2. The van der Waals surface area contributed by atoms with E-state index in [0.29, 0.717) is 0 Å². The van der Waals surface area contributed by atoms with Crippen molar-refractivity contribution >= 4 is 12.2 Å². The minimum Gasteiger partial charge on any atom is -0.443 e. The molecule has 0 N–H and O–H groups in total. The Bertz CT molecular complexity index is 306. The smallest absolute Gasteiger partial charge is 0.424 e. The number of ether oxygens (including phenoxy) is 2. The van der Waals surface area contributed by atoms with Crippen molar-refractivity contribution in [3.63, 3.8) is 0 Å². The van der Waals surface area contributed by atoms with E-state index >= 15 is 0 Å². The number of carbonyl (C=O) groups is 2. The van der Waals surface area contributed by atoms with E-state index in [4.69, 9.17) is 9.47 Å². The van der Waals surface area contributed by atoms with Crippen molar-refractivity contribution in [2.24, 2.45) is 0 Å². The lowest BCUT2D eigenvalue weighted by Gasteiger charge is -2.26. The second-order valence-electron chi connectivity index (χ2n) is 5.81. The summed E-state index contributed by atoms with van der Waals surface area (Å²) in [5.74, 6) is 0. The first-order chi connectivity index (χ1) is 7.96. The summed E-state index contributed by atoms with van der Waals surface area (Å²) < 4.78 is 10.2. The van der Waals surface area contributed by atoms with E-state index in [0.717, 1.165) is 4.90 Å². The van der Waals surface area contributed by atoms with Crippen LogP contribution in [0.2, 0.25) is 0 Å². The topological polar surface area (TPSA) is 55.8 Å². The molecule has 0 radical (unpaired) electrons. The van der Waals surface area contributed by atoms with Gasteiger partial charge in [0.25, 0.3) is 0 Å². The maximum atomic E-state index is 11.8. The van der Waals surface area contributed by atoms with Crippen molar-refractivity contribution in [3.05, 3.63) is 12.3 Å². The van der Waals surface area contributed by atoms with Crippen molar-refractivity contribution in [1.82, 2.24) is 4.90 Å². The van der Waals surface area contributed by atoms with E-state index in [9.17, 15) is 9.59 Å². The molecule has 0 saturated carbocycles. The largest absolute Gasteiger partial charge is 0.443 e. The minimum atomic E-state index is -0.755. The minimum absolute atomic E-state index is 0.668. The quantitative estimate of drug-likeness (QED) is 0.718. The Balaban J connectivity index is 4.87. The van der Waals surface area contributed by atoms with Gasteiger partial charge in [0.15, 0.2) is 0 Å². The Kier molecular flexibility index (Phi) is 5.39. The maximum absolute atomic E-state index is 11.8. The molecule has 5 nitrogen and oxygen atoms in total. The Morgan fingerprint density at radius 1 is 0.889 bits per heavy atom. The van der Waals surface area contributed by atoms with Gasteiger partial charge in [-0.25, -0.2) is 9.59 Å². The molecular formula is C13H23NO4. The number of amides is 2. The second kappa shape index (κ2) is 5.89. The standard InChI is InChI=1S/C13H23NO4/c1-8-9-14(10(15)17-12(2,3)4)11(16)18-13(5,6)7/h8-9H,1-7H3. The summed E-state index contributed by atoms with van der Waals surface area (Å²) in [4.78, 5) is 24.5. The lowest BCUT2D eigenvalue weighted by atomic mass is 10.2. The molecule has 0 rings (SSSR count). The Morgan fingerprint density at radius 2 is 1.22 bits per heavy atom. The number of hydrogen-bond acceptors (Lipinski definition) is 4. The molecule has 0 bridgehead atoms. The van der Waals surface area contributed by atoms with E-state index in [1.807, 2.05) is 0 Å². The normalized spacial score (nSPS) is 12.4. The van der Waals surface area contributed by atoms with Gasteiger partial charge in [0.05, 0.1) is 0 Å². The van der Waals surface area contributed by atoms with Gasteiger partial charge < -0.3 is 9.47 Å². The molecule has 0 heterocycles. The highest BCUT2D eigenvalue weighted by atomic mass is 16.6. The predicted molar refractivity (Wildman–Crippen MR) is 69.1 cm³/mol. The third-order valence-corrected chi connectivity index (χ3v) is 1.48. The molecule has 0 fully saturated rings. The third-order valence-electron chi connectivity index (χ3n) is 1.48. The van der Waals surface area contributed by atoms with E-state index in [1.165, 1.54) is 6.20 Å². The van der Waals surface area contributed by atoms with Crippen molar-refractivity contribution in [2.45, 2.75) is 59.7 Å². The molecule has 0 aromatic carbocycles. The molecule has 0 atom stereocenters. The molecule has 0 saturated heterocycles. The molecule has 0 spiro atoms. The van der Waals surface area contributed by atoms with Crippen molar-refractivity contribution in [1.29, 1.82) is 0 Å². The Morgan fingerprint density at radius 3 is 1.44 bits per heavy atom. The zero-order chi connectivity index (χ0) is 14.6. The van der Waals surface area contributed by atoms with E-state index < -0.39 is 23.4 Å². The van der Waals surface area contributed by atoms with Crippen molar-refractivity contribution < 1.29 is 19.1 Å². The average Bonchev–Trinajstić information content (AvgIpc) is 2.07. The highest BCUT2D eigenvalue weighted by Gasteiger charge is 2.29. The highest BCUT2D eigenvalue weighted by molar-refractivity contribution is 5.89. The monoisotopic (exact) mass is 257 g/mol. The van der Waals surface area contributed by atoms with Crippen LogP contribution in [-0.4, -0.2) is 28.3 Å². The molecule has 0 aliphatic heterocycles. The SMILES string of the molecule is CC=CN(C(=O)OC(C)(C)C)C(=O)OC(C)(C)C. The van der Waals surface area contributed by atoms with Crippen molar-refractivity contribution in [3.8, 4) is 0 Å². The number of nitrogens with zero attached hydrogens (tertiary/aromatic N) is 1. The van der Waals surface area contributed by atoms with E-state index in [2.05, 4.69) is 0 Å². The summed E-state index contributed by atoms with van der Waals surface area (Å²) in [5, 5.41) is 0. The van der Waals surface area contributed by atoms with Gasteiger partial charge in [-0.15, -0.1) is 0 Å². The molecule has 0 aliphatic rings. The van der Waals surface area contributed by atoms with Crippen LogP contribution in [0.15, 0.2) is 12.3 Å². The summed E-state index contributed by atoms with van der Waals surface area (Å²) >= 11 is 0. The van der Waals surface area contributed by atoms with Gasteiger partial charge >= 0.3 is 12.2 Å². The average molecular weight is 257 g/mol. The van der Waals surface area contributed by atoms with Gasteiger partial charge in [-0.1, -0.05) is 6.08 Å². The summed E-state index contributed by atoms with van der Waals surface area (Å²) in [6, 6.07) is 0. The Hall–Kier alpha value is -1.52. The van der Waals surface area contributed by atoms with Crippen LogP contribution in [0.4, 0.5) is 9.59 Å². The first-order valence-electron chi connectivity index (χ1n) is 5.84. The van der Waals surface area contributed by atoms with Gasteiger partial charge in [-0.3, -0.25) is 0 Å². The Labute approximate surface area is 109 Å². The fraction of sp³-hybridized carbons (Fsp3) is 0.692. The first-order valence-corrected chi connectivity index (χ1v) is 5.84. The maximum Gasteiger partial charge on any atom is 0.424 e. The molecule has 5 heteroatoms. The molecule has 104 valence electrons. The van der Waals surface area contributed by atoms with E-state index in [-0.39, 0.29) is 0 Å². The molecule has 0 aliphatic carbocycles. The molecule has 0 aromatic heterocycles. The van der Waals surface area contributed by atoms with Gasteiger partial charge in [-0.2, -0.15) is 4.90 Å². The van der Waals surface area contributed by atoms with Crippen LogP contribution >= 0.6 is 0 Å². The van der Waals surface area contributed by atoms with Gasteiger partial charge in [-0.05, 0) is 48.5 Å². The first kappa shape index (κ1) is 16.5. The molecule has 2 amide bonds. The summed E-state index contributed by atoms with van der Waals surface area (Å²) in [7, 11) is 0. The summed E-state index contributed by atoms with van der Waals surface area (Å²) in [6.45, 7) is 12.1. The number of allylic oxidation sites excluding steroid dienone is 1. The van der Waals surface area contributed by atoms with Gasteiger partial charge in [0.2, 0.25) is 0 Å². The van der Waals surface area contributed by atoms with Crippen LogP contribution < -0.4 is 0 Å². The summed E-state index contributed by atoms with van der Waals surface area (Å²) in [5.41, 5.74) is -1.34. The predicted octanol–water partition coefficient (Wildman–Crippen LogP) is 3.69. The molecule has 18 heavy (non-hydrogen) atoms. The number of imide groups is 1. The second-order valence-corrected chi connectivity index (χ2v) is 5.81. The van der Waals surface area contributed by atoms with Crippen LogP contribution in [0.5, 0.6) is 0 Å². The highest BCUT2D eigenvalue weighted by Crippen LogP contribution is 2.14. The molecule has 0 aromatic rings. The van der Waals surface area contributed by atoms with Gasteiger partial charge in [0.1, 0.15) is 11.2 Å². The fourth-order valence-electron chi connectivity index (χ4n) is 0.968. The van der Waals surface area contributed by atoms with Crippen LogP contribution in [0.3, 0.4) is 0 Å². The zero-order valence-electron chi connectivity index (χ0n) is 12.2. The molecular weight excluding hydrogens is 234 g/mol. The van der Waals surface area contributed by atoms with E-state index in [1.54, 1.807) is 54.5 Å². The number of hydrogen-bond donors (Lipinski definition) is 0. The summed E-state index contributed by atoms with van der Waals surface area (Å²) in [6.07, 6.45) is 1.38. The van der Waals surface area contributed by atoms with Crippen LogP contribution in [0.1, 0.15) is 48.5 Å². The lowest BCUT2D eigenvalue weighted by molar-refractivity contribution is 0.0107. The van der Waals surface area contributed by atoms with Crippen LogP contribution in [0, 0.1) is 0 Å². The molecule has 0 unspecified atom stereocenters. The van der Waals surface area contributed by atoms with Crippen molar-refractivity contribution in [2.75, 3.05) is 0 Å². The number of carbonyl (C=O) groups excluding carboxylic acids is 2. The lowest BCUT2D eigenvalue weighted by Crippen LogP contribution is -2.40. The van der Waals surface area contributed by atoms with Crippen LogP contribution in [-0.2, 0) is 9.47 Å². The number of rotatable bonds is 1.